The summed E-state index contributed by atoms with van der Waals surface area (Å²) in [5.74, 6) is 0.857. The molecule has 1 saturated carbocycles. The number of hydrogen-bond acceptors (Lipinski definition) is 3. The fourth-order valence-corrected chi connectivity index (χ4v) is 4.88. The first kappa shape index (κ1) is 13.1. The summed E-state index contributed by atoms with van der Waals surface area (Å²) in [7, 11) is 0. The highest BCUT2D eigenvalue weighted by atomic mass is 79.9. The van der Waals surface area contributed by atoms with Gasteiger partial charge in [-0.25, -0.2) is 0 Å². The van der Waals surface area contributed by atoms with Crippen LogP contribution in [0.25, 0.3) is 0 Å². The third-order valence-corrected chi connectivity index (χ3v) is 6.04. The maximum Gasteiger partial charge on any atom is 0.0302 e. The third-order valence-electron chi connectivity index (χ3n) is 4.34. The first-order chi connectivity index (χ1) is 8.83. The van der Waals surface area contributed by atoms with E-state index in [1.807, 2.05) is 11.3 Å². The largest absolute Gasteiger partial charge is 0.314 e. The van der Waals surface area contributed by atoms with E-state index in [0.29, 0.717) is 0 Å². The molecule has 0 aromatic carbocycles. The predicted molar refractivity (Wildman–Crippen MR) is 81.0 cm³/mol. The van der Waals surface area contributed by atoms with Crippen LogP contribution in [0.15, 0.2) is 15.9 Å². The van der Waals surface area contributed by atoms with Gasteiger partial charge in [-0.3, -0.25) is 0 Å². The summed E-state index contributed by atoms with van der Waals surface area (Å²) in [5.41, 5.74) is 0. The fraction of sp³-hybridized carbons (Fsp3) is 0.714. The highest BCUT2D eigenvalue weighted by Gasteiger charge is 2.34. The van der Waals surface area contributed by atoms with Gasteiger partial charge in [-0.1, -0.05) is 6.42 Å². The average Bonchev–Trinajstić information content (AvgIpc) is 3.07. The van der Waals surface area contributed by atoms with Gasteiger partial charge >= 0.3 is 0 Å². The highest BCUT2D eigenvalue weighted by Crippen LogP contribution is 2.32. The lowest BCUT2D eigenvalue weighted by Crippen LogP contribution is -2.41. The summed E-state index contributed by atoms with van der Waals surface area (Å²) < 4.78 is 1.21. The second-order valence-corrected chi connectivity index (χ2v) is 7.43. The summed E-state index contributed by atoms with van der Waals surface area (Å²) >= 11 is 5.37. The SMILES string of the molecule is Brc1csc(CNC2CCCC2C2CCCN2)c1. The zero-order chi connectivity index (χ0) is 12.4. The van der Waals surface area contributed by atoms with Gasteiger partial charge in [0.25, 0.3) is 0 Å². The summed E-state index contributed by atoms with van der Waals surface area (Å²) in [6, 6.07) is 3.73. The van der Waals surface area contributed by atoms with Crippen molar-refractivity contribution < 1.29 is 0 Å². The van der Waals surface area contributed by atoms with Crippen LogP contribution < -0.4 is 10.6 Å². The van der Waals surface area contributed by atoms with E-state index in [0.717, 1.165) is 24.5 Å². The molecule has 2 heterocycles. The van der Waals surface area contributed by atoms with E-state index in [4.69, 9.17) is 0 Å². The molecule has 1 aliphatic carbocycles. The van der Waals surface area contributed by atoms with Gasteiger partial charge < -0.3 is 10.6 Å². The van der Waals surface area contributed by atoms with Gasteiger partial charge in [0.15, 0.2) is 0 Å². The van der Waals surface area contributed by atoms with Crippen LogP contribution in [0, 0.1) is 5.92 Å². The lowest BCUT2D eigenvalue weighted by molar-refractivity contribution is 0.320. The molecule has 1 aromatic rings. The van der Waals surface area contributed by atoms with Gasteiger partial charge in [-0.2, -0.15) is 0 Å². The zero-order valence-corrected chi connectivity index (χ0v) is 13.0. The Morgan fingerprint density at radius 3 is 3.00 bits per heavy atom. The van der Waals surface area contributed by atoms with E-state index in [1.165, 1.54) is 48.0 Å². The van der Waals surface area contributed by atoms with Crippen LogP contribution in [0.4, 0.5) is 0 Å². The minimum Gasteiger partial charge on any atom is -0.314 e. The molecule has 0 spiro atoms. The van der Waals surface area contributed by atoms with Crippen molar-refractivity contribution in [3.8, 4) is 0 Å². The summed E-state index contributed by atoms with van der Waals surface area (Å²) in [6.45, 7) is 2.26. The molecule has 1 saturated heterocycles. The van der Waals surface area contributed by atoms with Crippen molar-refractivity contribution in [3.63, 3.8) is 0 Å². The molecule has 2 aliphatic rings. The molecule has 1 aliphatic heterocycles. The van der Waals surface area contributed by atoms with E-state index in [-0.39, 0.29) is 0 Å². The van der Waals surface area contributed by atoms with Gasteiger partial charge in [0.05, 0.1) is 0 Å². The molecule has 2 nitrogen and oxygen atoms in total. The molecule has 2 N–H and O–H groups in total. The summed E-state index contributed by atoms with van der Waals surface area (Å²) in [5, 5.41) is 9.64. The fourth-order valence-electron chi connectivity index (χ4n) is 3.48. The average molecular weight is 329 g/mol. The van der Waals surface area contributed by atoms with Gasteiger partial charge in [-0.05, 0) is 60.1 Å². The maximum absolute atomic E-state index is 3.79. The van der Waals surface area contributed by atoms with E-state index in [2.05, 4.69) is 38.0 Å². The maximum atomic E-state index is 3.79. The Labute approximate surface area is 122 Å². The second kappa shape index (κ2) is 6.04. The van der Waals surface area contributed by atoms with Gasteiger partial charge in [0.1, 0.15) is 0 Å². The number of rotatable bonds is 4. The Bertz CT molecular complexity index is 387. The Morgan fingerprint density at radius 2 is 2.28 bits per heavy atom. The number of nitrogens with one attached hydrogen (secondary N) is 2. The molecular formula is C14H21BrN2S. The van der Waals surface area contributed by atoms with Crippen molar-refractivity contribution in [3.05, 3.63) is 20.8 Å². The Hall–Kier alpha value is 0.1000. The van der Waals surface area contributed by atoms with Gasteiger partial charge in [0, 0.05) is 33.4 Å². The van der Waals surface area contributed by atoms with Crippen LogP contribution >= 0.6 is 27.3 Å². The van der Waals surface area contributed by atoms with Crippen molar-refractivity contribution >= 4 is 27.3 Å². The molecule has 0 amide bonds. The molecule has 100 valence electrons. The van der Waals surface area contributed by atoms with Crippen LogP contribution in [0.3, 0.4) is 0 Å². The Morgan fingerprint density at radius 1 is 1.33 bits per heavy atom. The van der Waals surface area contributed by atoms with E-state index >= 15 is 0 Å². The summed E-state index contributed by atoms with van der Waals surface area (Å²) in [6.07, 6.45) is 6.91. The van der Waals surface area contributed by atoms with E-state index in [9.17, 15) is 0 Å². The molecule has 4 heteroatoms. The lowest BCUT2D eigenvalue weighted by atomic mass is 9.93. The van der Waals surface area contributed by atoms with Gasteiger partial charge in [-0.15, -0.1) is 11.3 Å². The predicted octanol–water partition coefficient (Wildman–Crippen LogP) is 3.52. The van der Waals surface area contributed by atoms with Crippen molar-refractivity contribution in [1.82, 2.24) is 10.6 Å². The molecule has 0 bridgehead atoms. The molecule has 3 unspecified atom stereocenters. The number of hydrogen-bond donors (Lipinski definition) is 2. The third kappa shape index (κ3) is 2.98. The zero-order valence-electron chi connectivity index (χ0n) is 10.6. The van der Waals surface area contributed by atoms with Crippen LogP contribution in [0.1, 0.15) is 37.0 Å². The lowest BCUT2D eigenvalue weighted by Gasteiger charge is -2.26. The minimum atomic E-state index is 0.724. The number of halogens is 1. The smallest absolute Gasteiger partial charge is 0.0302 e. The van der Waals surface area contributed by atoms with Crippen molar-refractivity contribution in [1.29, 1.82) is 0 Å². The molecular weight excluding hydrogens is 308 g/mol. The van der Waals surface area contributed by atoms with Crippen LogP contribution in [0.2, 0.25) is 0 Å². The monoisotopic (exact) mass is 328 g/mol. The Kier molecular flexibility index (Phi) is 4.39. The molecule has 3 atom stereocenters. The van der Waals surface area contributed by atoms with Crippen molar-refractivity contribution in [2.45, 2.75) is 50.7 Å². The standard InChI is InChI=1S/C14H21BrN2S/c15-10-7-11(18-9-10)8-17-14-4-1-3-12(14)13-5-2-6-16-13/h7,9,12-14,16-17H,1-6,8H2. The summed E-state index contributed by atoms with van der Waals surface area (Å²) in [4.78, 5) is 1.44. The highest BCUT2D eigenvalue weighted by molar-refractivity contribution is 9.10. The van der Waals surface area contributed by atoms with Crippen LogP contribution in [-0.4, -0.2) is 18.6 Å². The first-order valence-corrected chi connectivity index (χ1v) is 8.70. The van der Waals surface area contributed by atoms with E-state index in [1.54, 1.807) is 0 Å². The minimum absolute atomic E-state index is 0.724. The van der Waals surface area contributed by atoms with Crippen molar-refractivity contribution in [2.75, 3.05) is 6.54 Å². The van der Waals surface area contributed by atoms with Crippen LogP contribution in [-0.2, 0) is 6.54 Å². The molecule has 18 heavy (non-hydrogen) atoms. The molecule has 2 fully saturated rings. The first-order valence-electron chi connectivity index (χ1n) is 7.02. The quantitative estimate of drug-likeness (QED) is 0.883. The van der Waals surface area contributed by atoms with E-state index < -0.39 is 0 Å². The molecule has 0 radical (unpaired) electrons. The Balaban J connectivity index is 1.54. The van der Waals surface area contributed by atoms with Gasteiger partial charge in [0.2, 0.25) is 0 Å². The topological polar surface area (TPSA) is 24.1 Å². The normalized spacial score (nSPS) is 32.2. The molecule has 1 aromatic heterocycles. The van der Waals surface area contributed by atoms with Crippen LogP contribution in [0.5, 0.6) is 0 Å². The number of thiophene rings is 1. The molecule has 3 rings (SSSR count). The van der Waals surface area contributed by atoms with Crippen molar-refractivity contribution in [2.24, 2.45) is 5.92 Å². The second-order valence-electron chi connectivity index (χ2n) is 5.52.